The van der Waals surface area contributed by atoms with Crippen molar-refractivity contribution in [3.63, 3.8) is 0 Å². The summed E-state index contributed by atoms with van der Waals surface area (Å²) >= 11 is 0. The van der Waals surface area contributed by atoms with Gasteiger partial charge in [-0.25, -0.2) is 14.4 Å². The summed E-state index contributed by atoms with van der Waals surface area (Å²) in [4.78, 5) is 25.0. The quantitative estimate of drug-likeness (QED) is 0.735. The molecule has 1 N–H and O–H groups in total. The van der Waals surface area contributed by atoms with E-state index in [9.17, 15) is 9.18 Å². The van der Waals surface area contributed by atoms with E-state index in [1.54, 1.807) is 19.1 Å². The van der Waals surface area contributed by atoms with Gasteiger partial charge in [-0.2, -0.15) is 0 Å². The van der Waals surface area contributed by atoms with Gasteiger partial charge in [0.15, 0.2) is 5.82 Å². The summed E-state index contributed by atoms with van der Waals surface area (Å²) in [5.41, 5.74) is 1.66. The zero-order valence-electron chi connectivity index (χ0n) is 16.2. The van der Waals surface area contributed by atoms with Crippen LogP contribution < -0.4 is 10.2 Å². The van der Waals surface area contributed by atoms with Crippen LogP contribution >= 0.6 is 0 Å². The van der Waals surface area contributed by atoms with Gasteiger partial charge in [-0.05, 0) is 24.3 Å². The minimum absolute atomic E-state index is 0.0935. The van der Waals surface area contributed by atoms with Crippen LogP contribution in [0.5, 0.6) is 0 Å². The fourth-order valence-electron chi connectivity index (χ4n) is 3.31. The standard InChI is InChI=1S/C22H22FN5O/c1-16(29)27-11-13-28(14-12-27)21-15-20(24-19-9-7-18(23)8-10-19)25-22(26-21)17-5-3-2-4-6-17/h2-10,15H,11-14H2,1H3,(H,24,25,26). The van der Waals surface area contributed by atoms with Gasteiger partial charge in [0.25, 0.3) is 0 Å². The Morgan fingerprint density at radius 3 is 2.31 bits per heavy atom. The van der Waals surface area contributed by atoms with Crippen LogP contribution in [0.4, 0.5) is 21.7 Å². The van der Waals surface area contributed by atoms with Crippen LogP contribution in [0.15, 0.2) is 60.7 Å². The third kappa shape index (κ3) is 4.51. The highest BCUT2D eigenvalue weighted by Gasteiger charge is 2.21. The van der Waals surface area contributed by atoms with E-state index in [2.05, 4.69) is 15.2 Å². The van der Waals surface area contributed by atoms with Gasteiger partial charge in [0.1, 0.15) is 17.5 Å². The smallest absolute Gasteiger partial charge is 0.219 e. The number of nitrogens with zero attached hydrogens (tertiary/aromatic N) is 4. The molecule has 1 fully saturated rings. The number of hydrogen-bond acceptors (Lipinski definition) is 5. The molecule has 1 saturated heterocycles. The molecule has 1 aliphatic heterocycles. The highest BCUT2D eigenvalue weighted by atomic mass is 19.1. The number of halogens is 1. The van der Waals surface area contributed by atoms with Crippen molar-refractivity contribution in [1.29, 1.82) is 0 Å². The van der Waals surface area contributed by atoms with Crippen LogP contribution in [0.2, 0.25) is 0 Å². The molecule has 0 atom stereocenters. The average Bonchev–Trinajstić information content (AvgIpc) is 2.76. The van der Waals surface area contributed by atoms with Crippen LogP contribution in [0, 0.1) is 5.82 Å². The van der Waals surface area contributed by atoms with Gasteiger partial charge in [0, 0.05) is 50.4 Å². The number of rotatable bonds is 4. The fourth-order valence-corrected chi connectivity index (χ4v) is 3.31. The predicted octanol–water partition coefficient (Wildman–Crippen LogP) is 3.69. The highest BCUT2D eigenvalue weighted by molar-refractivity contribution is 5.73. The molecule has 0 aliphatic carbocycles. The molecule has 0 saturated carbocycles. The topological polar surface area (TPSA) is 61.4 Å². The summed E-state index contributed by atoms with van der Waals surface area (Å²) < 4.78 is 13.2. The molecule has 1 amide bonds. The second-order valence-electron chi connectivity index (χ2n) is 6.93. The van der Waals surface area contributed by atoms with Gasteiger partial charge in [-0.3, -0.25) is 4.79 Å². The van der Waals surface area contributed by atoms with Gasteiger partial charge < -0.3 is 15.1 Å². The molecule has 0 radical (unpaired) electrons. The second-order valence-corrected chi connectivity index (χ2v) is 6.93. The zero-order valence-corrected chi connectivity index (χ0v) is 16.2. The molecule has 6 nitrogen and oxygen atoms in total. The SMILES string of the molecule is CC(=O)N1CCN(c2cc(Nc3ccc(F)cc3)nc(-c3ccccc3)n2)CC1. The molecule has 0 unspecified atom stereocenters. The Morgan fingerprint density at radius 1 is 0.966 bits per heavy atom. The molecule has 2 aromatic carbocycles. The van der Waals surface area contributed by atoms with Gasteiger partial charge in [0.05, 0.1) is 0 Å². The molecule has 0 bridgehead atoms. The van der Waals surface area contributed by atoms with Crippen molar-refractivity contribution in [2.75, 3.05) is 36.4 Å². The Kier molecular flexibility index (Phi) is 5.37. The minimum Gasteiger partial charge on any atom is -0.353 e. The number of amides is 1. The summed E-state index contributed by atoms with van der Waals surface area (Å²) in [6, 6.07) is 17.8. The van der Waals surface area contributed by atoms with E-state index < -0.39 is 0 Å². The first-order valence-corrected chi connectivity index (χ1v) is 9.56. The predicted molar refractivity (Wildman–Crippen MR) is 112 cm³/mol. The number of anilines is 3. The summed E-state index contributed by atoms with van der Waals surface area (Å²) in [6.45, 7) is 4.35. The van der Waals surface area contributed by atoms with Gasteiger partial charge in [0.2, 0.25) is 5.91 Å². The number of piperazine rings is 1. The monoisotopic (exact) mass is 391 g/mol. The number of nitrogens with one attached hydrogen (secondary N) is 1. The molecule has 1 aliphatic rings. The van der Waals surface area contributed by atoms with Crippen LogP contribution in [0.3, 0.4) is 0 Å². The maximum Gasteiger partial charge on any atom is 0.219 e. The Hall–Kier alpha value is -3.48. The van der Waals surface area contributed by atoms with Crippen molar-refractivity contribution >= 4 is 23.2 Å². The number of carbonyl (C=O) groups is 1. The Morgan fingerprint density at radius 2 is 1.66 bits per heavy atom. The zero-order chi connectivity index (χ0) is 20.2. The van der Waals surface area contributed by atoms with Crippen LogP contribution in [0.1, 0.15) is 6.92 Å². The van der Waals surface area contributed by atoms with Gasteiger partial charge >= 0.3 is 0 Å². The van der Waals surface area contributed by atoms with Crippen molar-refractivity contribution in [2.24, 2.45) is 0 Å². The minimum atomic E-state index is -0.285. The van der Waals surface area contributed by atoms with Crippen molar-refractivity contribution < 1.29 is 9.18 Å². The molecular weight excluding hydrogens is 369 g/mol. The van der Waals surface area contributed by atoms with Crippen molar-refractivity contribution in [3.05, 3.63) is 66.5 Å². The third-order valence-corrected chi connectivity index (χ3v) is 4.91. The Balaban J connectivity index is 1.65. The highest BCUT2D eigenvalue weighted by Crippen LogP contribution is 2.25. The summed E-state index contributed by atoms with van der Waals surface area (Å²) in [5.74, 6) is 1.85. The Labute approximate surface area is 169 Å². The number of aromatic nitrogens is 2. The molecule has 29 heavy (non-hydrogen) atoms. The first-order valence-electron chi connectivity index (χ1n) is 9.56. The molecular formula is C22H22FN5O. The van der Waals surface area contributed by atoms with E-state index in [0.29, 0.717) is 37.8 Å². The van der Waals surface area contributed by atoms with Crippen molar-refractivity contribution in [3.8, 4) is 11.4 Å². The van der Waals surface area contributed by atoms with E-state index in [-0.39, 0.29) is 11.7 Å². The first kappa shape index (κ1) is 18.9. The van der Waals surface area contributed by atoms with Crippen LogP contribution in [-0.2, 0) is 4.79 Å². The van der Waals surface area contributed by atoms with E-state index in [1.165, 1.54) is 12.1 Å². The molecule has 7 heteroatoms. The van der Waals surface area contributed by atoms with E-state index in [4.69, 9.17) is 4.98 Å². The lowest BCUT2D eigenvalue weighted by molar-refractivity contribution is -0.129. The lowest BCUT2D eigenvalue weighted by Crippen LogP contribution is -2.48. The third-order valence-electron chi connectivity index (χ3n) is 4.91. The maximum absolute atomic E-state index is 13.2. The van der Waals surface area contributed by atoms with E-state index in [1.807, 2.05) is 41.3 Å². The van der Waals surface area contributed by atoms with Crippen LogP contribution in [-0.4, -0.2) is 47.0 Å². The lowest BCUT2D eigenvalue weighted by atomic mass is 10.2. The molecule has 4 rings (SSSR count). The van der Waals surface area contributed by atoms with Crippen LogP contribution in [0.25, 0.3) is 11.4 Å². The van der Waals surface area contributed by atoms with Gasteiger partial charge in [-0.15, -0.1) is 0 Å². The van der Waals surface area contributed by atoms with E-state index in [0.717, 1.165) is 17.1 Å². The first-order chi connectivity index (χ1) is 14.1. The molecule has 1 aromatic heterocycles. The maximum atomic E-state index is 13.2. The Bertz CT molecular complexity index is 986. The van der Waals surface area contributed by atoms with Crippen molar-refractivity contribution in [2.45, 2.75) is 6.92 Å². The molecule has 148 valence electrons. The second kappa shape index (κ2) is 8.26. The molecule has 0 spiro atoms. The van der Waals surface area contributed by atoms with Gasteiger partial charge in [-0.1, -0.05) is 30.3 Å². The number of hydrogen-bond donors (Lipinski definition) is 1. The summed E-state index contributed by atoms with van der Waals surface area (Å²) in [6.07, 6.45) is 0. The van der Waals surface area contributed by atoms with E-state index >= 15 is 0 Å². The fraction of sp³-hybridized carbons (Fsp3) is 0.227. The lowest BCUT2D eigenvalue weighted by Gasteiger charge is -2.35. The number of carbonyl (C=O) groups excluding carboxylic acids is 1. The molecule has 3 aromatic rings. The summed E-state index contributed by atoms with van der Waals surface area (Å²) in [7, 11) is 0. The molecule has 2 heterocycles. The van der Waals surface area contributed by atoms with Crippen molar-refractivity contribution in [1.82, 2.24) is 14.9 Å². The summed E-state index contributed by atoms with van der Waals surface area (Å²) in [5, 5.41) is 3.24. The normalized spacial score (nSPS) is 14.0. The largest absolute Gasteiger partial charge is 0.353 e. The number of benzene rings is 2. The average molecular weight is 391 g/mol.